The Kier molecular flexibility index (Phi) is 10.1. The first-order valence-electron chi connectivity index (χ1n) is 12.5. The summed E-state index contributed by atoms with van der Waals surface area (Å²) in [6.07, 6.45) is 5.37. The minimum absolute atomic E-state index is 0.0606. The van der Waals surface area contributed by atoms with E-state index < -0.39 is 11.8 Å². The van der Waals surface area contributed by atoms with Gasteiger partial charge < -0.3 is 16.0 Å². The van der Waals surface area contributed by atoms with Crippen LogP contribution >= 0.6 is 23.4 Å². The highest BCUT2D eigenvalue weighted by atomic mass is 35.5. The lowest BCUT2D eigenvalue weighted by Gasteiger charge is -2.16. The molecule has 1 atom stereocenters. The van der Waals surface area contributed by atoms with E-state index in [-0.39, 0.29) is 16.9 Å². The van der Waals surface area contributed by atoms with Crippen LogP contribution in [0.4, 0.5) is 11.4 Å². The molecular formula is C31H27ClN4O3S. The van der Waals surface area contributed by atoms with Gasteiger partial charge in [0.05, 0.1) is 16.0 Å². The zero-order chi connectivity index (χ0) is 28.3. The average molecular weight is 571 g/mol. The van der Waals surface area contributed by atoms with E-state index in [0.717, 1.165) is 4.90 Å². The number of rotatable bonds is 10. The molecule has 3 aromatic carbocycles. The van der Waals surface area contributed by atoms with Crippen LogP contribution in [0.5, 0.6) is 0 Å². The van der Waals surface area contributed by atoms with Crippen molar-refractivity contribution in [3.05, 3.63) is 125 Å². The molecule has 0 spiro atoms. The molecule has 4 rings (SSSR count). The number of hydrogen-bond acceptors (Lipinski definition) is 5. The number of pyridine rings is 1. The van der Waals surface area contributed by atoms with Gasteiger partial charge in [0.25, 0.3) is 11.8 Å². The third-order valence-electron chi connectivity index (χ3n) is 5.69. The summed E-state index contributed by atoms with van der Waals surface area (Å²) in [4.78, 5) is 44.0. The van der Waals surface area contributed by atoms with Gasteiger partial charge in [0.2, 0.25) is 5.91 Å². The van der Waals surface area contributed by atoms with E-state index in [0.29, 0.717) is 33.9 Å². The van der Waals surface area contributed by atoms with Crippen molar-refractivity contribution in [3.8, 4) is 0 Å². The third-order valence-corrected chi connectivity index (χ3v) is 7.38. The number of para-hydroxylation sites is 1. The maximum atomic E-state index is 13.3. The summed E-state index contributed by atoms with van der Waals surface area (Å²) in [7, 11) is 0. The fourth-order valence-electron chi connectivity index (χ4n) is 3.68. The lowest BCUT2D eigenvalue weighted by atomic mass is 10.2. The second kappa shape index (κ2) is 14.1. The minimum atomic E-state index is -0.501. The van der Waals surface area contributed by atoms with E-state index in [4.69, 9.17) is 11.6 Å². The van der Waals surface area contributed by atoms with Crippen LogP contribution in [-0.2, 0) is 9.59 Å². The number of thioether (sulfide) groups is 1. The molecule has 1 heterocycles. The van der Waals surface area contributed by atoms with Crippen molar-refractivity contribution in [2.75, 3.05) is 10.6 Å². The quantitative estimate of drug-likeness (QED) is 0.146. The van der Waals surface area contributed by atoms with Crippen LogP contribution in [-0.4, -0.2) is 28.0 Å². The van der Waals surface area contributed by atoms with Crippen LogP contribution in [0, 0.1) is 0 Å². The van der Waals surface area contributed by atoms with Crippen molar-refractivity contribution in [2.24, 2.45) is 0 Å². The smallest absolute Gasteiger partial charge is 0.272 e. The van der Waals surface area contributed by atoms with Gasteiger partial charge in [0, 0.05) is 28.5 Å². The van der Waals surface area contributed by atoms with Gasteiger partial charge in [-0.15, -0.1) is 11.8 Å². The average Bonchev–Trinajstić information content (AvgIpc) is 2.98. The van der Waals surface area contributed by atoms with Crippen LogP contribution in [0.25, 0.3) is 6.08 Å². The fourth-order valence-corrected chi connectivity index (χ4v) is 4.87. The number of anilines is 2. The van der Waals surface area contributed by atoms with E-state index in [1.807, 2.05) is 19.1 Å². The summed E-state index contributed by atoms with van der Waals surface area (Å²) >= 11 is 7.58. The first kappa shape index (κ1) is 28.6. The van der Waals surface area contributed by atoms with Crippen LogP contribution in [0.15, 0.2) is 114 Å². The molecule has 0 bridgehead atoms. The molecule has 202 valence electrons. The standard InChI is InChI=1S/C31H27ClN4O3S/c1-2-28(31(39)35-26-16-7-6-15-25(26)32)40-24-14-8-13-23(19-24)34-30(38)27(18-21-10-9-17-33-20-21)36-29(37)22-11-4-3-5-12-22/h3-20,28H,2H2,1H3,(H,34,38)(H,35,39)(H,36,37)/b27-18-. The van der Waals surface area contributed by atoms with Crippen molar-refractivity contribution in [1.29, 1.82) is 0 Å². The predicted octanol–water partition coefficient (Wildman–Crippen LogP) is 6.65. The molecule has 1 unspecified atom stereocenters. The molecule has 3 N–H and O–H groups in total. The Hall–Kier alpha value is -4.40. The number of carbonyl (C=O) groups is 3. The molecule has 0 saturated heterocycles. The lowest BCUT2D eigenvalue weighted by molar-refractivity contribution is -0.116. The van der Waals surface area contributed by atoms with Gasteiger partial charge in [0.15, 0.2) is 0 Å². The van der Waals surface area contributed by atoms with Gasteiger partial charge in [-0.2, -0.15) is 0 Å². The number of halogens is 1. The van der Waals surface area contributed by atoms with Gasteiger partial charge in [-0.3, -0.25) is 19.4 Å². The van der Waals surface area contributed by atoms with E-state index in [1.54, 1.807) is 97.3 Å². The fraction of sp³-hybridized carbons (Fsp3) is 0.0968. The lowest BCUT2D eigenvalue weighted by Crippen LogP contribution is -2.30. The molecule has 0 aliphatic carbocycles. The molecule has 9 heteroatoms. The highest BCUT2D eigenvalue weighted by molar-refractivity contribution is 8.00. The van der Waals surface area contributed by atoms with E-state index in [9.17, 15) is 14.4 Å². The molecule has 7 nitrogen and oxygen atoms in total. The highest BCUT2D eigenvalue weighted by Gasteiger charge is 2.20. The Morgan fingerprint density at radius 2 is 1.70 bits per heavy atom. The summed E-state index contributed by atoms with van der Waals surface area (Å²) in [6, 6.07) is 26.4. The monoisotopic (exact) mass is 570 g/mol. The maximum Gasteiger partial charge on any atom is 0.272 e. The third kappa shape index (κ3) is 8.05. The SMILES string of the molecule is CCC(Sc1cccc(NC(=O)/C(=C/c2cccnc2)NC(=O)c2ccccc2)c1)C(=O)Nc1ccccc1Cl. The summed E-state index contributed by atoms with van der Waals surface area (Å²) in [6.45, 7) is 1.93. The van der Waals surface area contributed by atoms with Crippen LogP contribution in [0.3, 0.4) is 0 Å². The number of benzene rings is 3. The number of hydrogen-bond donors (Lipinski definition) is 3. The van der Waals surface area contributed by atoms with E-state index in [2.05, 4.69) is 20.9 Å². The zero-order valence-corrected chi connectivity index (χ0v) is 23.2. The largest absolute Gasteiger partial charge is 0.324 e. The molecule has 1 aromatic heterocycles. The molecule has 4 aromatic rings. The molecular weight excluding hydrogens is 544 g/mol. The first-order chi connectivity index (χ1) is 19.4. The Bertz CT molecular complexity index is 1510. The molecule has 0 fully saturated rings. The van der Waals surface area contributed by atoms with Gasteiger partial charge in [-0.25, -0.2) is 0 Å². The summed E-state index contributed by atoms with van der Waals surface area (Å²) < 4.78 is 0. The molecule has 0 radical (unpaired) electrons. The van der Waals surface area contributed by atoms with Crippen LogP contribution in [0.1, 0.15) is 29.3 Å². The molecule has 0 aliphatic heterocycles. The molecule has 0 aliphatic rings. The second-order valence-electron chi connectivity index (χ2n) is 8.63. The normalized spacial score (nSPS) is 11.8. The van der Waals surface area contributed by atoms with Crippen LogP contribution < -0.4 is 16.0 Å². The van der Waals surface area contributed by atoms with Gasteiger partial charge in [-0.05, 0) is 66.6 Å². The molecule has 0 saturated carbocycles. The summed E-state index contributed by atoms with van der Waals surface area (Å²) in [5, 5.41) is 8.54. The van der Waals surface area contributed by atoms with Gasteiger partial charge >= 0.3 is 0 Å². The van der Waals surface area contributed by atoms with Crippen molar-refractivity contribution in [2.45, 2.75) is 23.5 Å². The van der Waals surface area contributed by atoms with Crippen molar-refractivity contribution in [1.82, 2.24) is 10.3 Å². The van der Waals surface area contributed by atoms with Crippen LogP contribution in [0.2, 0.25) is 5.02 Å². The van der Waals surface area contributed by atoms with Crippen molar-refractivity contribution in [3.63, 3.8) is 0 Å². The Balaban J connectivity index is 1.49. The second-order valence-corrected chi connectivity index (χ2v) is 10.3. The highest BCUT2D eigenvalue weighted by Crippen LogP contribution is 2.30. The predicted molar refractivity (Wildman–Crippen MR) is 161 cm³/mol. The Morgan fingerprint density at radius 3 is 2.42 bits per heavy atom. The van der Waals surface area contributed by atoms with E-state index >= 15 is 0 Å². The number of carbonyl (C=O) groups excluding carboxylic acids is 3. The van der Waals surface area contributed by atoms with Gasteiger partial charge in [0.1, 0.15) is 5.70 Å². The van der Waals surface area contributed by atoms with Gasteiger partial charge in [-0.1, -0.05) is 61.0 Å². The zero-order valence-electron chi connectivity index (χ0n) is 21.6. The number of amides is 3. The summed E-state index contributed by atoms with van der Waals surface area (Å²) in [5.41, 5.74) is 2.21. The summed E-state index contributed by atoms with van der Waals surface area (Å²) in [5.74, 6) is -1.08. The molecule has 40 heavy (non-hydrogen) atoms. The number of nitrogens with one attached hydrogen (secondary N) is 3. The molecule has 3 amide bonds. The van der Waals surface area contributed by atoms with Crippen molar-refractivity contribution < 1.29 is 14.4 Å². The topological polar surface area (TPSA) is 100 Å². The minimum Gasteiger partial charge on any atom is -0.324 e. The Labute approximate surface area is 242 Å². The van der Waals surface area contributed by atoms with Crippen molar-refractivity contribution >= 4 is 58.5 Å². The first-order valence-corrected chi connectivity index (χ1v) is 13.8. The number of nitrogens with zero attached hydrogens (tertiary/aromatic N) is 1. The maximum absolute atomic E-state index is 13.3. The Morgan fingerprint density at radius 1 is 0.925 bits per heavy atom. The number of aromatic nitrogens is 1. The van der Waals surface area contributed by atoms with E-state index in [1.165, 1.54) is 11.8 Å².